The summed E-state index contributed by atoms with van der Waals surface area (Å²) in [7, 11) is 2.51. The summed E-state index contributed by atoms with van der Waals surface area (Å²) in [5.41, 5.74) is 0.344. The standard InChI is InChI=1S/C13H16O5/c1-7-9-6-13(11(15)17-2,12(16)18-3)5-8(9)4-10(7)14/h8H,4-6H2,1-3H3. The van der Waals surface area contributed by atoms with Crippen LogP contribution in [0.3, 0.4) is 0 Å². The molecule has 1 atom stereocenters. The molecular formula is C13H16O5. The SMILES string of the molecule is COC(=O)C1(C(=O)OC)CC2=C(C)C(=O)CC2C1. The maximum absolute atomic E-state index is 11.9. The van der Waals surface area contributed by atoms with Crippen LogP contribution in [0.5, 0.6) is 0 Å². The Morgan fingerprint density at radius 2 is 1.78 bits per heavy atom. The fourth-order valence-electron chi connectivity index (χ4n) is 3.06. The van der Waals surface area contributed by atoms with E-state index in [-0.39, 0.29) is 18.1 Å². The van der Waals surface area contributed by atoms with E-state index >= 15 is 0 Å². The van der Waals surface area contributed by atoms with Gasteiger partial charge in [-0.2, -0.15) is 0 Å². The van der Waals surface area contributed by atoms with E-state index in [4.69, 9.17) is 9.47 Å². The van der Waals surface area contributed by atoms with Gasteiger partial charge in [-0.05, 0) is 31.3 Å². The van der Waals surface area contributed by atoms with Crippen molar-refractivity contribution in [1.29, 1.82) is 0 Å². The Kier molecular flexibility index (Phi) is 3.00. The van der Waals surface area contributed by atoms with Crippen LogP contribution in [0.2, 0.25) is 0 Å². The van der Waals surface area contributed by atoms with Crippen LogP contribution < -0.4 is 0 Å². The highest BCUT2D eigenvalue weighted by Crippen LogP contribution is 2.52. The molecular weight excluding hydrogens is 236 g/mol. The minimum absolute atomic E-state index is 0.0179. The van der Waals surface area contributed by atoms with Gasteiger partial charge in [0.05, 0.1) is 14.2 Å². The number of carbonyl (C=O) groups excluding carboxylic acids is 3. The fourth-order valence-corrected chi connectivity index (χ4v) is 3.06. The second-order valence-corrected chi connectivity index (χ2v) is 4.92. The first-order valence-corrected chi connectivity index (χ1v) is 5.86. The van der Waals surface area contributed by atoms with Crippen molar-refractivity contribution < 1.29 is 23.9 Å². The van der Waals surface area contributed by atoms with Crippen molar-refractivity contribution in [2.45, 2.75) is 26.2 Å². The number of esters is 2. The van der Waals surface area contributed by atoms with Gasteiger partial charge in [-0.1, -0.05) is 5.57 Å². The summed E-state index contributed by atoms with van der Waals surface area (Å²) in [6, 6.07) is 0. The number of Topliss-reactive ketones (excluding diaryl/α,β-unsaturated/α-hetero) is 1. The Labute approximate surface area is 105 Å². The molecule has 5 nitrogen and oxygen atoms in total. The summed E-state index contributed by atoms with van der Waals surface area (Å²) in [4.78, 5) is 35.4. The first-order valence-electron chi connectivity index (χ1n) is 5.86. The molecule has 0 amide bonds. The Balaban J connectivity index is 2.40. The summed E-state index contributed by atoms with van der Waals surface area (Å²) in [5, 5.41) is 0. The third-order valence-electron chi connectivity index (χ3n) is 4.06. The molecule has 2 aliphatic rings. The molecule has 0 bridgehead atoms. The topological polar surface area (TPSA) is 69.7 Å². The van der Waals surface area contributed by atoms with Crippen LogP contribution in [-0.2, 0) is 23.9 Å². The van der Waals surface area contributed by atoms with Crippen molar-refractivity contribution in [3.8, 4) is 0 Å². The lowest BCUT2D eigenvalue weighted by atomic mass is 9.84. The molecule has 2 rings (SSSR count). The van der Waals surface area contributed by atoms with Crippen LogP contribution in [0.25, 0.3) is 0 Å². The number of hydrogen-bond donors (Lipinski definition) is 0. The number of methoxy groups -OCH3 is 2. The van der Waals surface area contributed by atoms with Crippen LogP contribution in [-0.4, -0.2) is 31.9 Å². The number of hydrogen-bond acceptors (Lipinski definition) is 5. The first kappa shape index (κ1) is 12.8. The molecule has 0 heterocycles. The Hall–Kier alpha value is -1.65. The van der Waals surface area contributed by atoms with Crippen molar-refractivity contribution in [2.75, 3.05) is 14.2 Å². The van der Waals surface area contributed by atoms with E-state index in [1.807, 2.05) is 0 Å². The average molecular weight is 252 g/mol. The quantitative estimate of drug-likeness (QED) is 0.542. The molecule has 0 N–H and O–H groups in total. The third kappa shape index (κ3) is 1.57. The second kappa shape index (κ2) is 4.23. The zero-order valence-electron chi connectivity index (χ0n) is 10.7. The number of fused-ring (bicyclic) bond motifs is 1. The Bertz CT molecular complexity index is 444. The van der Waals surface area contributed by atoms with Crippen LogP contribution in [0, 0.1) is 11.3 Å². The summed E-state index contributed by atoms with van der Waals surface area (Å²) < 4.78 is 9.48. The average Bonchev–Trinajstić information content (AvgIpc) is 2.86. The zero-order chi connectivity index (χ0) is 13.5. The highest BCUT2D eigenvalue weighted by atomic mass is 16.5. The summed E-state index contributed by atoms with van der Waals surface area (Å²) >= 11 is 0. The maximum Gasteiger partial charge on any atom is 0.323 e. The van der Waals surface area contributed by atoms with Crippen LogP contribution in [0.4, 0.5) is 0 Å². The van der Waals surface area contributed by atoms with E-state index in [0.29, 0.717) is 18.4 Å². The summed E-state index contributed by atoms with van der Waals surface area (Å²) in [6.45, 7) is 1.75. The van der Waals surface area contributed by atoms with Gasteiger partial charge in [-0.25, -0.2) is 0 Å². The molecule has 0 spiro atoms. The van der Waals surface area contributed by atoms with Gasteiger partial charge in [0.15, 0.2) is 11.2 Å². The largest absolute Gasteiger partial charge is 0.468 e. The maximum atomic E-state index is 11.9. The summed E-state index contributed by atoms with van der Waals surface area (Å²) in [5.74, 6) is -1.05. The molecule has 0 aromatic heterocycles. The first-order chi connectivity index (χ1) is 8.46. The molecule has 0 saturated heterocycles. The lowest BCUT2D eigenvalue weighted by molar-refractivity contribution is -0.168. The number of ketones is 1. The number of ether oxygens (including phenoxy) is 2. The zero-order valence-corrected chi connectivity index (χ0v) is 10.7. The second-order valence-electron chi connectivity index (χ2n) is 4.92. The molecule has 0 aliphatic heterocycles. The predicted octanol–water partition coefficient (Wildman–Crippen LogP) is 1.02. The van der Waals surface area contributed by atoms with Crippen LogP contribution in [0.1, 0.15) is 26.2 Å². The molecule has 18 heavy (non-hydrogen) atoms. The molecule has 0 aromatic carbocycles. The van der Waals surface area contributed by atoms with Gasteiger partial charge in [-0.15, -0.1) is 0 Å². The van der Waals surface area contributed by atoms with E-state index in [9.17, 15) is 14.4 Å². The van der Waals surface area contributed by atoms with Crippen LogP contribution in [0.15, 0.2) is 11.1 Å². The smallest absolute Gasteiger partial charge is 0.323 e. The number of carbonyl (C=O) groups is 3. The van der Waals surface area contributed by atoms with E-state index in [1.54, 1.807) is 6.92 Å². The number of rotatable bonds is 2. The van der Waals surface area contributed by atoms with Gasteiger partial charge in [0.2, 0.25) is 0 Å². The molecule has 1 saturated carbocycles. The molecule has 98 valence electrons. The van der Waals surface area contributed by atoms with Crippen molar-refractivity contribution in [3.63, 3.8) is 0 Å². The normalized spacial score (nSPS) is 25.1. The number of allylic oxidation sites excluding steroid dienone is 2. The van der Waals surface area contributed by atoms with Gasteiger partial charge >= 0.3 is 11.9 Å². The van der Waals surface area contributed by atoms with E-state index in [2.05, 4.69) is 0 Å². The van der Waals surface area contributed by atoms with Crippen molar-refractivity contribution in [2.24, 2.45) is 11.3 Å². The van der Waals surface area contributed by atoms with E-state index in [0.717, 1.165) is 5.57 Å². The fraction of sp³-hybridized carbons (Fsp3) is 0.615. The van der Waals surface area contributed by atoms with Crippen molar-refractivity contribution >= 4 is 17.7 Å². The van der Waals surface area contributed by atoms with Gasteiger partial charge in [0.25, 0.3) is 0 Å². The predicted molar refractivity (Wildman–Crippen MR) is 61.5 cm³/mol. The molecule has 5 heteroatoms. The molecule has 0 radical (unpaired) electrons. The lowest BCUT2D eigenvalue weighted by Gasteiger charge is -2.23. The minimum atomic E-state index is -1.26. The van der Waals surface area contributed by atoms with E-state index in [1.165, 1.54) is 14.2 Å². The van der Waals surface area contributed by atoms with E-state index < -0.39 is 17.4 Å². The Morgan fingerprint density at radius 3 is 2.22 bits per heavy atom. The van der Waals surface area contributed by atoms with Gasteiger partial charge in [0.1, 0.15) is 0 Å². The van der Waals surface area contributed by atoms with Gasteiger partial charge in [0, 0.05) is 6.42 Å². The molecule has 0 aromatic rings. The van der Waals surface area contributed by atoms with Gasteiger partial charge < -0.3 is 9.47 Å². The minimum Gasteiger partial charge on any atom is -0.468 e. The molecule has 2 aliphatic carbocycles. The van der Waals surface area contributed by atoms with Gasteiger partial charge in [-0.3, -0.25) is 14.4 Å². The molecule has 1 fully saturated rings. The monoisotopic (exact) mass is 252 g/mol. The highest BCUT2D eigenvalue weighted by molar-refractivity contribution is 6.04. The van der Waals surface area contributed by atoms with Crippen LogP contribution >= 0.6 is 0 Å². The lowest BCUT2D eigenvalue weighted by Crippen LogP contribution is -2.39. The Morgan fingerprint density at radius 1 is 1.22 bits per heavy atom. The van der Waals surface area contributed by atoms with Crippen molar-refractivity contribution in [3.05, 3.63) is 11.1 Å². The van der Waals surface area contributed by atoms with Crippen molar-refractivity contribution in [1.82, 2.24) is 0 Å². The third-order valence-corrected chi connectivity index (χ3v) is 4.06. The summed E-state index contributed by atoms with van der Waals surface area (Å²) in [6.07, 6.45) is 0.941. The molecule has 1 unspecified atom stereocenters. The highest BCUT2D eigenvalue weighted by Gasteiger charge is 2.57.